The lowest BCUT2D eigenvalue weighted by molar-refractivity contribution is 0.0913. The van der Waals surface area contributed by atoms with Gasteiger partial charge in [-0.05, 0) is 47.2 Å². The van der Waals surface area contributed by atoms with Crippen LogP contribution in [-0.4, -0.2) is 36.6 Å². The van der Waals surface area contributed by atoms with Gasteiger partial charge >= 0.3 is 0 Å². The Labute approximate surface area is 81.7 Å². The third-order valence-corrected chi connectivity index (χ3v) is 4.77. The van der Waals surface area contributed by atoms with Crippen LogP contribution >= 0.6 is 0 Å². The fourth-order valence-electron chi connectivity index (χ4n) is 3.32. The van der Waals surface area contributed by atoms with Gasteiger partial charge in [-0.25, -0.2) is 0 Å². The Morgan fingerprint density at radius 3 is 2.46 bits per heavy atom. The highest BCUT2D eigenvalue weighted by molar-refractivity contribution is 5.11. The third kappa shape index (κ3) is 1.08. The molecule has 0 saturated carbocycles. The van der Waals surface area contributed by atoms with Crippen LogP contribution in [0.25, 0.3) is 0 Å². The lowest BCUT2D eigenvalue weighted by atomic mass is 9.71. The van der Waals surface area contributed by atoms with Gasteiger partial charge in [0.1, 0.15) is 0 Å². The van der Waals surface area contributed by atoms with Crippen LogP contribution in [0.2, 0.25) is 0 Å². The van der Waals surface area contributed by atoms with E-state index in [1.165, 1.54) is 25.9 Å². The minimum absolute atomic E-state index is 0.371. The van der Waals surface area contributed by atoms with Gasteiger partial charge in [-0.1, -0.05) is 0 Å². The average Bonchev–Trinajstić information content (AvgIpc) is 2.57. The van der Waals surface area contributed by atoms with Gasteiger partial charge in [0.15, 0.2) is 0 Å². The van der Waals surface area contributed by atoms with Crippen molar-refractivity contribution >= 4 is 0 Å². The number of nitrogens with zero attached hydrogens (tertiary/aromatic N) is 1. The third-order valence-electron chi connectivity index (χ3n) is 4.77. The number of rotatable bonds is 0. The van der Waals surface area contributed by atoms with E-state index in [1.807, 2.05) is 0 Å². The zero-order valence-electron chi connectivity index (χ0n) is 9.35. The molecule has 76 valence electrons. The van der Waals surface area contributed by atoms with Gasteiger partial charge in [0, 0.05) is 23.5 Å². The van der Waals surface area contributed by atoms with Crippen LogP contribution in [0.3, 0.4) is 0 Å². The lowest BCUT2D eigenvalue weighted by Crippen LogP contribution is -2.49. The topological polar surface area (TPSA) is 15.3 Å². The molecule has 0 aliphatic carbocycles. The Morgan fingerprint density at radius 2 is 2.08 bits per heavy atom. The Balaban J connectivity index is 2.30. The van der Waals surface area contributed by atoms with Crippen molar-refractivity contribution in [3.63, 3.8) is 0 Å². The zero-order valence-corrected chi connectivity index (χ0v) is 9.35. The van der Waals surface area contributed by atoms with E-state index in [0.29, 0.717) is 11.0 Å². The molecule has 2 unspecified atom stereocenters. The Hall–Kier alpha value is -0.0800. The maximum atomic E-state index is 3.53. The molecule has 2 heterocycles. The van der Waals surface area contributed by atoms with Gasteiger partial charge in [-0.2, -0.15) is 0 Å². The van der Waals surface area contributed by atoms with Crippen molar-refractivity contribution in [2.24, 2.45) is 5.41 Å². The summed E-state index contributed by atoms with van der Waals surface area (Å²) in [5.41, 5.74) is 0.914. The zero-order chi connectivity index (χ0) is 9.69. The van der Waals surface area contributed by atoms with Crippen molar-refractivity contribution in [3.05, 3.63) is 0 Å². The van der Waals surface area contributed by atoms with Crippen molar-refractivity contribution < 1.29 is 0 Å². The monoisotopic (exact) mass is 182 g/mol. The highest BCUT2D eigenvalue weighted by Crippen LogP contribution is 2.50. The molecule has 2 nitrogen and oxygen atoms in total. The number of nitrogens with one attached hydrogen (secondary N) is 1. The summed E-state index contributed by atoms with van der Waals surface area (Å²) in [7, 11) is 2.28. The van der Waals surface area contributed by atoms with E-state index in [1.54, 1.807) is 0 Å². The minimum Gasteiger partial charge on any atom is -0.316 e. The Kier molecular flexibility index (Phi) is 1.97. The number of hydrogen-bond acceptors (Lipinski definition) is 2. The Bertz CT molecular complexity index is 204. The van der Waals surface area contributed by atoms with Gasteiger partial charge in [0.2, 0.25) is 0 Å². The molecule has 2 heteroatoms. The van der Waals surface area contributed by atoms with Gasteiger partial charge in [-0.3, -0.25) is 4.90 Å². The molecule has 0 amide bonds. The molecule has 0 radical (unpaired) electrons. The predicted molar refractivity (Wildman–Crippen MR) is 55.8 cm³/mol. The largest absolute Gasteiger partial charge is 0.316 e. The van der Waals surface area contributed by atoms with Crippen molar-refractivity contribution in [3.8, 4) is 0 Å². The van der Waals surface area contributed by atoms with Crippen molar-refractivity contribution in [1.29, 1.82) is 0 Å². The van der Waals surface area contributed by atoms with Crippen molar-refractivity contribution in [2.75, 3.05) is 20.1 Å². The second-order valence-corrected chi connectivity index (χ2v) is 5.43. The maximum absolute atomic E-state index is 3.53. The van der Waals surface area contributed by atoms with Crippen molar-refractivity contribution in [1.82, 2.24) is 10.2 Å². The summed E-state index contributed by atoms with van der Waals surface area (Å²) in [6.07, 6.45) is 2.72. The standard InChI is InChI=1S/C11H22N2/c1-9-7-11(5-6-12-8-11)10(2,3)13(9)4/h9,12H,5-8H2,1-4H3. The lowest BCUT2D eigenvalue weighted by Gasteiger charge is -2.41. The summed E-state index contributed by atoms with van der Waals surface area (Å²) in [5.74, 6) is 0. The quantitative estimate of drug-likeness (QED) is 0.610. The first-order valence-corrected chi connectivity index (χ1v) is 5.43. The highest BCUT2D eigenvalue weighted by atomic mass is 15.2. The average molecular weight is 182 g/mol. The molecule has 0 aromatic carbocycles. The van der Waals surface area contributed by atoms with Crippen LogP contribution < -0.4 is 5.32 Å². The smallest absolute Gasteiger partial charge is 0.0222 e. The van der Waals surface area contributed by atoms with Gasteiger partial charge in [-0.15, -0.1) is 0 Å². The van der Waals surface area contributed by atoms with Gasteiger partial charge in [0.25, 0.3) is 0 Å². The SMILES string of the molecule is CC1CC2(CCNC2)C(C)(C)N1C. The van der Waals surface area contributed by atoms with E-state index in [2.05, 4.69) is 38.0 Å². The van der Waals surface area contributed by atoms with E-state index in [9.17, 15) is 0 Å². The number of likely N-dealkylation sites (tertiary alicyclic amines) is 1. The molecular weight excluding hydrogens is 160 g/mol. The molecule has 2 aliphatic heterocycles. The van der Waals surface area contributed by atoms with Crippen LogP contribution in [0.4, 0.5) is 0 Å². The van der Waals surface area contributed by atoms with Crippen LogP contribution in [-0.2, 0) is 0 Å². The summed E-state index contributed by atoms with van der Waals surface area (Å²) in [6.45, 7) is 9.60. The summed E-state index contributed by atoms with van der Waals surface area (Å²) >= 11 is 0. The first kappa shape index (κ1) is 9.47. The van der Waals surface area contributed by atoms with Gasteiger partial charge in [0.05, 0.1) is 0 Å². The molecule has 2 rings (SSSR count). The Morgan fingerprint density at radius 1 is 1.38 bits per heavy atom. The van der Waals surface area contributed by atoms with Crippen LogP contribution in [0.15, 0.2) is 0 Å². The van der Waals surface area contributed by atoms with E-state index >= 15 is 0 Å². The van der Waals surface area contributed by atoms with E-state index in [4.69, 9.17) is 0 Å². The first-order chi connectivity index (χ1) is 6.00. The van der Waals surface area contributed by atoms with E-state index < -0.39 is 0 Å². The molecule has 13 heavy (non-hydrogen) atoms. The molecule has 2 atom stereocenters. The highest BCUT2D eigenvalue weighted by Gasteiger charge is 2.55. The normalized spacial score (nSPS) is 44.8. The molecule has 0 aromatic heterocycles. The summed E-state index contributed by atoms with van der Waals surface area (Å²) in [6, 6.07) is 0.745. The van der Waals surface area contributed by atoms with E-state index in [0.717, 1.165) is 6.04 Å². The molecule has 0 aromatic rings. The van der Waals surface area contributed by atoms with Crippen LogP contribution in [0.5, 0.6) is 0 Å². The second-order valence-electron chi connectivity index (χ2n) is 5.43. The molecule has 2 saturated heterocycles. The first-order valence-electron chi connectivity index (χ1n) is 5.43. The summed E-state index contributed by atoms with van der Waals surface area (Å²) in [5, 5.41) is 3.53. The van der Waals surface area contributed by atoms with Crippen molar-refractivity contribution in [2.45, 2.75) is 45.2 Å². The number of hydrogen-bond donors (Lipinski definition) is 1. The fraction of sp³-hybridized carbons (Fsp3) is 1.00. The maximum Gasteiger partial charge on any atom is 0.0222 e. The van der Waals surface area contributed by atoms with E-state index in [-0.39, 0.29) is 0 Å². The predicted octanol–water partition coefficient (Wildman–Crippen LogP) is 1.47. The summed E-state index contributed by atoms with van der Waals surface area (Å²) < 4.78 is 0. The molecule has 2 fully saturated rings. The van der Waals surface area contributed by atoms with Crippen LogP contribution in [0, 0.1) is 5.41 Å². The molecular formula is C11H22N2. The van der Waals surface area contributed by atoms with Gasteiger partial charge < -0.3 is 5.32 Å². The van der Waals surface area contributed by atoms with Crippen LogP contribution in [0.1, 0.15) is 33.6 Å². The molecule has 2 aliphatic rings. The molecule has 0 bridgehead atoms. The molecule has 1 N–H and O–H groups in total. The minimum atomic E-state index is 0.371. The summed E-state index contributed by atoms with van der Waals surface area (Å²) in [4.78, 5) is 2.56. The molecule has 1 spiro atoms. The second kappa shape index (κ2) is 2.71. The fourth-order valence-corrected chi connectivity index (χ4v) is 3.32.